The van der Waals surface area contributed by atoms with Gasteiger partial charge in [-0.15, -0.1) is 11.3 Å². The number of carbonyl (C=O) groups excluding carboxylic acids is 1. The van der Waals surface area contributed by atoms with Crippen molar-refractivity contribution in [3.8, 4) is 11.1 Å². The first-order valence-electron chi connectivity index (χ1n) is 11.1. The van der Waals surface area contributed by atoms with Gasteiger partial charge in [0.1, 0.15) is 4.83 Å². The van der Waals surface area contributed by atoms with E-state index in [2.05, 4.69) is 29.1 Å². The van der Waals surface area contributed by atoms with Crippen LogP contribution in [0.1, 0.15) is 36.8 Å². The molecule has 0 aliphatic rings. The van der Waals surface area contributed by atoms with Gasteiger partial charge in [0.05, 0.1) is 10.6 Å². The molecule has 2 heterocycles. The number of thiophene rings is 1. The normalized spacial score (nSPS) is 12.1. The zero-order valence-electron chi connectivity index (χ0n) is 19.2. The Morgan fingerprint density at radius 1 is 1.09 bits per heavy atom. The predicted octanol–water partition coefficient (Wildman–Crippen LogP) is 6.20. The molecule has 4 rings (SSSR count). The number of fused-ring (bicyclic) bond motifs is 1. The number of aromatic nitrogens is 2. The highest BCUT2D eigenvalue weighted by atomic mass is 32.2. The second kappa shape index (κ2) is 9.93. The Kier molecular flexibility index (Phi) is 7.00. The van der Waals surface area contributed by atoms with Gasteiger partial charge in [-0.25, -0.2) is 4.98 Å². The monoisotopic (exact) mass is 477 g/mol. The fraction of sp³-hybridized carbons (Fsp3) is 0.269. The Bertz CT molecular complexity index is 1340. The number of carbonyl (C=O) groups is 1. The third kappa shape index (κ3) is 4.75. The maximum Gasteiger partial charge on any atom is 0.260 e. The lowest BCUT2D eigenvalue weighted by Gasteiger charge is -2.17. The maximum absolute atomic E-state index is 13.0. The van der Waals surface area contributed by atoms with Crippen LogP contribution in [0.4, 0.5) is 5.69 Å². The van der Waals surface area contributed by atoms with Crippen molar-refractivity contribution in [1.29, 1.82) is 0 Å². The first-order valence-corrected chi connectivity index (χ1v) is 12.8. The molecule has 2 aromatic carbocycles. The third-order valence-electron chi connectivity index (χ3n) is 5.68. The van der Waals surface area contributed by atoms with Gasteiger partial charge in [0, 0.05) is 16.1 Å². The second-order valence-electron chi connectivity index (χ2n) is 7.86. The van der Waals surface area contributed by atoms with Crippen molar-refractivity contribution in [3.63, 3.8) is 0 Å². The topological polar surface area (TPSA) is 74.8 Å². The van der Waals surface area contributed by atoms with Crippen molar-refractivity contribution >= 4 is 44.9 Å². The van der Waals surface area contributed by atoms with Gasteiger partial charge in [0.15, 0.2) is 5.16 Å². The second-order valence-corrected chi connectivity index (χ2v) is 10.4. The Hall–Kier alpha value is -2.90. The summed E-state index contributed by atoms with van der Waals surface area (Å²) in [7, 11) is 0. The van der Waals surface area contributed by atoms with E-state index in [1.165, 1.54) is 23.1 Å². The molecular formula is C26H27N3O2S2. The number of aryl methyl sites for hydroxylation is 3. The van der Waals surface area contributed by atoms with Crippen LogP contribution in [0.15, 0.2) is 58.5 Å². The number of thioether (sulfide) groups is 1. The number of H-pyrrole nitrogens is 1. The molecule has 7 heteroatoms. The van der Waals surface area contributed by atoms with Crippen LogP contribution >= 0.6 is 23.1 Å². The highest BCUT2D eigenvalue weighted by molar-refractivity contribution is 8.00. The smallest absolute Gasteiger partial charge is 0.260 e. The van der Waals surface area contributed by atoms with Crippen molar-refractivity contribution in [2.45, 2.75) is 50.9 Å². The number of aromatic amines is 1. The summed E-state index contributed by atoms with van der Waals surface area (Å²) in [6, 6.07) is 16.0. The Labute approximate surface area is 201 Å². The van der Waals surface area contributed by atoms with Crippen LogP contribution in [0.2, 0.25) is 0 Å². The molecule has 0 bridgehead atoms. The minimum atomic E-state index is -0.421. The summed E-state index contributed by atoms with van der Waals surface area (Å²) in [5.41, 5.74) is 4.89. The summed E-state index contributed by atoms with van der Waals surface area (Å²) in [6.07, 6.45) is 1.69. The van der Waals surface area contributed by atoms with Crippen molar-refractivity contribution < 1.29 is 4.79 Å². The molecule has 170 valence electrons. The van der Waals surface area contributed by atoms with E-state index in [-0.39, 0.29) is 11.5 Å². The van der Waals surface area contributed by atoms with E-state index in [1.54, 1.807) is 0 Å². The lowest BCUT2D eigenvalue weighted by molar-refractivity contribution is -0.115. The molecule has 0 radical (unpaired) electrons. The molecule has 1 unspecified atom stereocenters. The molecule has 4 aromatic rings. The lowest BCUT2D eigenvalue weighted by Crippen LogP contribution is -2.24. The van der Waals surface area contributed by atoms with Gasteiger partial charge >= 0.3 is 0 Å². The molecule has 33 heavy (non-hydrogen) atoms. The molecule has 0 saturated carbocycles. The van der Waals surface area contributed by atoms with E-state index in [9.17, 15) is 9.59 Å². The van der Waals surface area contributed by atoms with Crippen LogP contribution in [0, 0.1) is 6.92 Å². The van der Waals surface area contributed by atoms with Gasteiger partial charge < -0.3 is 10.3 Å². The average molecular weight is 478 g/mol. The van der Waals surface area contributed by atoms with Crippen molar-refractivity contribution in [2.24, 2.45) is 0 Å². The first-order chi connectivity index (χ1) is 15.9. The van der Waals surface area contributed by atoms with Crippen LogP contribution in [-0.2, 0) is 17.6 Å². The van der Waals surface area contributed by atoms with Gasteiger partial charge in [-0.3, -0.25) is 9.59 Å². The number of anilines is 1. The van der Waals surface area contributed by atoms with E-state index in [4.69, 9.17) is 0 Å². The largest absolute Gasteiger partial charge is 0.325 e. The number of hydrogen-bond acceptors (Lipinski definition) is 5. The summed E-state index contributed by atoms with van der Waals surface area (Å²) in [5.74, 6) is -0.106. The Balaban J connectivity index is 1.60. The highest BCUT2D eigenvalue weighted by Gasteiger charge is 2.21. The fourth-order valence-electron chi connectivity index (χ4n) is 3.96. The maximum atomic E-state index is 13.0. The lowest BCUT2D eigenvalue weighted by atomic mass is 10.0. The average Bonchev–Trinajstić information content (AvgIpc) is 3.15. The summed E-state index contributed by atoms with van der Waals surface area (Å²) in [6.45, 7) is 8.01. The number of rotatable bonds is 7. The molecular weight excluding hydrogens is 450 g/mol. The van der Waals surface area contributed by atoms with E-state index >= 15 is 0 Å². The molecule has 0 spiro atoms. The van der Waals surface area contributed by atoms with Gasteiger partial charge in [-0.1, -0.05) is 74.1 Å². The zero-order chi connectivity index (χ0) is 23.5. The SMILES string of the molecule is CCc1cccc(CC)c1NC(=O)C(C)Sc1nc2sc(C)c(-c3ccccc3)c2c(=O)[nH]1. The van der Waals surface area contributed by atoms with Crippen LogP contribution in [0.25, 0.3) is 21.3 Å². The molecule has 0 aliphatic heterocycles. The van der Waals surface area contributed by atoms with E-state index in [0.29, 0.717) is 15.4 Å². The molecule has 0 fully saturated rings. The zero-order valence-corrected chi connectivity index (χ0v) is 20.8. The molecule has 2 N–H and O–H groups in total. The van der Waals surface area contributed by atoms with E-state index in [0.717, 1.165) is 45.7 Å². The first kappa shape index (κ1) is 23.3. The number of benzene rings is 2. The molecule has 2 aromatic heterocycles. The summed E-state index contributed by atoms with van der Waals surface area (Å²) >= 11 is 2.77. The summed E-state index contributed by atoms with van der Waals surface area (Å²) in [4.78, 5) is 35.3. The van der Waals surface area contributed by atoms with Crippen LogP contribution in [-0.4, -0.2) is 21.1 Å². The fourth-order valence-corrected chi connectivity index (χ4v) is 5.86. The predicted molar refractivity (Wildman–Crippen MR) is 140 cm³/mol. The standard InChI is InChI=1S/C26H27N3O2S2/c1-5-17-13-10-14-18(6-2)22(17)27-23(30)16(4)33-26-28-24(31)21-20(15(3)32-25(21)29-26)19-11-8-7-9-12-19/h7-14,16H,5-6H2,1-4H3,(H,27,30)(H,28,29,31). The number of para-hydroxylation sites is 1. The Morgan fingerprint density at radius 2 is 1.76 bits per heavy atom. The molecule has 0 saturated heterocycles. The van der Waals surface area contributed by atoms with Crippen LogP contribution < -0.4 is 10.9 Å². The van der Waals surface area contributed by atoms with Crippen molar-refractivity contribution in [1.82, 2.24) is 9.97 Å². The van der Waals surface area contributed by atoms with Gasteiger partial charge in [-0.2, -0.15) is 0 Å². The number of nitrogens with zero attached hydrogens (tertiary/aromatic N) is 1. The highest BCUT2D eigenvalue weighted by Crippen LogP contribution is 2.36. The van der Waals surface area contributed by atoms with E-state index in [1.807, 2.05) is 62.4 Å². The van der Waals surface area contributed by atoms with Crippen molar-refractivity contribution in [2.75, 3.05) is 5.32 Å². The van der Waals surface area contributed by atoms with Gasteiger partial charge in [0.2, 0.25) is 5.91 Å². The quantitative estimate of drug-likeness (QED) is 0.245. The summed E-state index contributed by atoms with van der Waals surface area (Å²) < 4.78 is 0. The Morgan fingerprint density at radius 3 is 2.39 bits per heavy atom. The van der Waals surface area contributed by atoms with E-state index < -0.39 is 5.25 Å². The molecule has 0 aliphatic carbocycles. The summed E-state index contributed by atoms with van der Waals surface area (Å²) in [5, 5.41) is 3.75. The molecule has 1 amide bonds. The number of nitrogens with one attached hydrogen (secondary N) is 2. The molecule has 1 atom stereocenters. The van der Waals surface area contributed by atoms with Gasteiger partial charge in [-0.05, 0) is 43.4 Å². The van der Waals surface area contributed by atoms with Crippen molar-refractivity contribution in [3.05, 3.63) is 74.9 Å². The van der Waals surface area contributed by atoms with Gasteiger partial charge in [0.25, 0.3) is 5.56 Å². The van der Waals surface area contributed by atoms with Crippen LogP contribution in [0.3, 0.4) is 0 Å². The third-order valence-corrected chi connectivity index (χ3v) is 7.67. The molecule has 5 nitrogen and oxygen atoms in total. The minimum Gasteiger partial charge on any atom is -0.325 e. The number of hydrogen-bond donors (Lipinski definition) is 2. The number of amides is 1. The van der Waals surface area contributed by atoms with Crippen LogP contribution in [0.5, 0.6) is 0 Å². The minimum absolute atomic E-state index is 0.106.